The molecule has 0 amide bonds. The van der Waals surface area contributed by atoms with Crippen LogP contribution >= 0.6 is 0 Å². The summed E-state index contributed by atoms with van der Waals surface area (Å²) in [6.07, 6.45) is 5.14. The average molecular weight is 147 g/mol. The van der Waals surface area contributed by atoms with Crippen molar-refractivity contribution in [1.29, 1.82) is 0 Å². The molecule has 2 heteroatoms. The lowest BCUT2D eigenvalue weighted by Gasteiger charge is -1.94. The Hall–Kier alpha value is -1.18. The largest absolute Gasteiger partial charge is 0.296 e. The molecule has 56 valence electrons. The predicted molar refractivity (Wildman–Crippen MR) is 41.6 cm³/mol. The van der Waals surface area contributed by atoms with E-state index in [4.69, 9.17) is 0 Å². The number of hydrogen-bond donors (Lipinski definition) is 0. The van der Waals surface area contributed by atoms with Gasteiger partial charge >= 0.3 is 0 Å². The van der Waals surface area contributed by atoms with Crippen LogP contribution in [-0.4, -0.2) is 11.3 Å². The number of aromatic nitrogens is 1. The minimum Gasteiger partial charge on any atom is -0.296 e. The van der Waals surface area contributed by atoms with Gasteiger partial charge in [-0.25, -0.2) is 0 Å². The molecule has 0 saturated heterocycles. The van der Waals surface area contributed by atoms with Gasteiger partial charge in [0.05, 0.1) is 0 Å². The van der Waals surface area contributed by atoms with Gasteiger partial charge in [-0.3, -0.25) is 9.78 Å². The Morgan fingerprint density at radius 2 is 2.27 bits per heavy atom. The molecule has 2 nitrogen and oxygen atoms in total. The minimum absolute atomic E-state index is 0.523. The lowest BCUT2D eigenvalue weighted by Crippen LogP contribution is -1.87. The van der Waals surface area contributed by atoms with Gasteiger partial charge in [-0.2, -0.15) is 0 Å². The molecule has 0 bridgehead atoms. The fraction of sp³-hybridized carbons (Fsp3) is 0.333. The third-order valence-electron chi connectivity index (χ3n) is 1.98. The van der Waals surface area contributed by atoms with Crippen molar-refractivity contribution in [3.63, 3.8) is 0 Å². The van der Waals surface area contributed by atoms with E-state index in [-0.39, 0.29) is 0 Å². The first-order chi connectivity index (χ1) is 5.40. The molecule has 1 heterocycles. The zero-order valence-electron chi connectivity index (χ0n) is 6.16. The number of nitrogens with zero attached hydrogens (tertiary/aromatic N) is 1. The predicted octanol–water partition coefficient (Wildman–Crippen LogP) is 1.77. The maximum absolute atomic E-state index is 10.2. The number of hydrogen-bond acceptors (Lipinski definition) is 2. The van der Waals surface area contributed by atoms with Crippen molar-refractivity contribution in [3.8, 4) is 0 Å². The second kappa shape index (κ2) is 2.46. The Labute approximate surface area is 65.3 Å². The molecular weight excluding hydrogens is 138 g/mol. The highest BCUT2D eigenvalue weighted by molar-refractivity contribution is 5.71. The van der Waals surface area contributed by atoms with E-state index in [0.29, 0.717) is 5.69 Å². The highest BCUT2D eigenvalue weighted by atomic mass is 16.1. The van der Waals surface area contributed by atoms with E-state index in [1.165, 1.54) is 18.4 Å². The Morgan fingerprint density at radius 3 is 2.73 bits per heavy atom. The molecule has 2 rings (SSSR count). The van der Waals surface area contributed by atoms with Crippen LogP contribution in [0.15, 0.2) is 18.3 Å². The second-order valence-corrected chi connectivity index (χ2v) is 2.91. The van der Waals surface area contributed by atoms with E-state index < -0.39 is 0 Å². The molecule has 11 heavy (non-hydrogen) atoms. The standard InChI is InChI=1S/C9H9NO/c11-6-9-4-3-8(5-10-9)7-1-2-7/h3-7H,1-2H2. The second-order valence-electron chi connectivity index (χ2n) is 2.91. The lowest BCUT2D eigenvalue weighted by atomic mass is 10.2. The van der Waals surface area contributed by atoms with Crippen LogP contribution in [0.3, 0.4) is 0 Å². The Kier molecular flexibility index (Phi) is 1.46. The van der Waals surface area contributed by atoms with E-state index in [9.17, 15) is 4.79 Å². The van der Waals surface area contributed by atoms with Gasteiger partial charge in [0.1, 0.15) is 5.69 Å². The first-order valence-corrected chi connectivity index (χ1v) is 3.81. The zero-order valence-corrected chi connectivity index (χ0v) is 6.16. The third kappa shape index (κ3) is 1.29. The number of pyridine rings is 1. The quantitative estimate of drug-likeness (QED) is 0.597. The topological polar surface area (TPSA) is 30.0 Å². The van der Waals surface area contributed by atoms with E-state index in [0.717, 1.165) is 12.2 Å². The molecule has 0 aromatic carbocycles. The molecule has 1 fully saturated rings. The molecule has 1 aromatic heterocycles. The van der Waals surface area contributed by atoms with Crippen molar-refractivity contribution in [2.45, 2.75) is 18.8 Å². The molecule has 1 saturated carbocycles. The molecule has 0 spiro atoms. The molecule has 0 unspecified atom stereocenters. The first-order valence-electron chi connectivity index (χ1n) is 3.81. The Morgan fingerprint density at radius 1 is 1.45 bits per heavy atom. The van der Waals surface area contributed by atoms with Gasteiger partial charge in [-0.15, -0.1) is 0 Å². The maximum atomic E-state index is 10.2. The van der Waals surface area contributed by atoms with E-state index in [2.05, 4.69) is 4.98 Å². The van der Waals surface area contributed by atoms with Gasteiger partial charge in [0.15, 0.2) is 6.29 Å². The van der Waals surface area contributed by atoms with Gasteiger partial charge < -0.3 is 0 Å². The van der Waals surface area contributed by atoms with Crippen molar-refractivity contribution in [2.24, 2.45) is 0 Å². The van der Waals surface area contributed by atoms with Crippen LogP contribution in [0.25, 0.3) is 0 Å². The van der Waals surface area contributed by atoms with Crippen molar-refractivity contribution < 1.29 is 4.79 Å². The van der Waals surface area contributed by atoms with Gasteiger partial charge in [0.2, 0.25) is 0 Å². The molecule has 1 aromatic rings. The Balaban J connectivity index is 2.25. The fourth-order valence-corrected chi connectivity index (χ4v) is 1.14. The summed E-state index contributed by atoms with van der Waals surface area (Å²) in [6, 6.07) is 3.77. The van der Waals surface area contributed by atoms with Crippen LogP contribution in [0.5, 0.6) is 0 Å². The first kappa shape index (κ1) is 6.53. The highest BCUT2D eigenvalue weighted by Gasteiger charge is 2.23. The lowest BCUT2D eigenvalue weighted by molar-refractivity contribution is 0.111. The summed E-state index contributed by atoms with van der Waals surface area (Å²) in [5.41, 5.74) is 1.80. The highest BCUT2D eigenvalue weighted by Crippen LogP contribution is 2.39. The smallest absolute Gasteiger partial charge is 0.168 e. The van der Waals surface area contributed by atoms with E-state index in [1.54, 1.807) is 12.3 Å². The fourth-order valence-electron chi connectivity index (χ4n) is 1.14. The summed E-state index contributed by atoms with van der Waals surface area (Å²) in [4.78, 5) is 14.2. The normalized spacial score (nSPS) is 16.4. The van der Waals surface area contributed by atoms with Gasteiger partial charge in [-0.05, 0) is 30.4 Å². The maximum Gasteiger partial charge on any atom is 0.168 e. The van der Waals surface area contributed by atoms with Crippen molar-refractivity contribution in [2.75, 3.05) is 0 Å². The van der Waals surface area contributed by atoms with Crippen LogP contribution in [0.2, 0.25) is 0 Å². The van der Waals surface area contributed by atoms with Crippen LogP contribution in [-0.2, 0) is 0 Å². The van der Waals surface area contributed by atoms with E-state index in [1.807, 2.05) is 6.07 Å². The van der Waals surface area contributed by atoms with Crippen molar-refractivity contribution in [1.82, 2.24) is 4.98 Å². The van der Waals surface area contributed by atoms with E-state index >= 15 is 0 Å². The minimum atomic E-state index is 0.523. The third-order valence-corrected chi connectivity index (χ3v) is 1.98. The van der Waals surface area contributed by atoms with Gasteiger partial charge in [0, 0.05) is 6.20 Å². The molecule has 0 atom stereocenters. The molecular formula is C9H9NO. The van der Waals surface area contributed by atoms with Crippen molar-refractivity contribution in [3.05, 3.63) is 29.6 Å². The summed E-state index contributed by atoms with van der Waals surface area (Å²) in [6.45, 7) is 0. The SMILES string of the molecule is O=Cc1ccc(C2CC2)cn1. The summed E-state index contributed by atoms with van der Waals surface area (Å²) >= 11 is 0. The van der Waals surface area contributed by atoms with Crippen LogP contribution < -0.4 is 0 Å². The Bertz CT molecular complexity index is 261. The van der Waals surface area contributed by atoms with Crippen LogP contribution in [0.4, 0.5) is 0 Å². The number of carbonyl (C=O) groups is 1. The number of rotatable bonds is 2. The number of aldehydes is 1. The molecule has 1 aliphatic carbocycles. The average Bonchev–Trinajstić information content (AvgIpc) is 2.87. The zero-order chi connectivity index (χ0) is 7.68. The monoisotopic (exact) mass is 147 g/mol. The van der Waals surface area contributed by atoms with Crippen molar-refractivity contribution >= 4 is 6.29 Å². The summed E-state index contributed by atoms with van der Waals surface area (Å²) in [5, 5.41) is 0. The summed E-state index contributed by atoms with van der Waals surface area (Å²) in [5.74, 6) is 0.725. The summed E-state index contributed by atoms with van der Waals surface area (Å²) < 4.78 is 0. The number of carbonyl (C=O) groups excluding carboxylic acids is 1. The summed E-state index contributed by atoms with van der Waals surface area (Å²) in [7, 11) is 0. The molecule has 1 aliphatic rings. The van der Waals surface area contributed by atoms with Gasteiger partial charge in [0.25, 0.3) is 0 Å². The van der Waals surface area contributed by atoms with Crippen LogP contribution in [0.1, 0.15) is 34.8 Å². The molecule has 0 aliphatic heterocycles. The molecule has 0 radical (unpaired) electrons. The van der Waals surface area contributed by atoms with Crippen LogP contribution in [0, 0.1) is 0 Å². The van der Waals surface area contributed by atoms with Gasteiger partial charge in [-0.1, -0.05) is 6.07 Å². The molecule has 0 N–H and O–H groups in total.